The summed E-state index contributed by atoms with van der Waals surface area (Å²) in [6.07, 6.45) is 22.6. The third-order valence-corrected chi connectivity index (χ3v) is 11.2. The molecule has 6 nitrogen and oxygen atoms in total. The summed E-state index contributed by atoms with van der Waals surface area (Å²) in [6.45, 7) is 0. The van der Waals surface area contributed by atoms with Gasteiger partial charge in [-0.1, -0.05) is 140 Å². The first-order chi connectivity index (χ1) is 21.9. The van der Waals surface area contributed by atoms with Crippen LogP contribution in [0.5, 0.6) is 0 Å². The molecule has 8 heteroatoms. The minimum atomic E-state index is -1.55. The van der Waals surface area contributed by atoms with Crippen molar-refractivity contribution in [2.45, 2.75) is 134 Å². The number of hydrogen-bond donors (Lipinski definition) is 2. The Morgan fingerprint density at radius 3 is 1.82 bits per heavy atom. The Balaban J connectivity index is 1.50. The Morgan fingerprint density at radius 1 is 0.778 bits per heavy atom. The van der Waals surface area contributed by atoms with Crippen LogP contribution in [0.15, 0.2) is 47.1 Å². The lowest BCUT2D eigenvalue weighted by atomic mass is 9.59. The SMILES string of the molecule is N#CC1=C(N)OC2=C(C(=O)CC(CCCCCCCCCCBr)(CCCCCCCCCCBr)C2)C12C(=O)Nc1ccccc12. The number of Topliss-reactive ketones (excluding diaryl/α,β-unsaturated/α-hetero) is 1. The van der Waals surface area contributed by atoms with E-state index in [9.17, 15) is 14.9 Å². The summed E-state index contributed by atoms with van der Waals surface area (Å²) in [6, 6.07) is 9.46. The summed E-state index contributed by atoms with van der Waals surface area (Å²) in [4.78, 5) is 28.1. The zero-order valence-corrected chi connectivity index (χ0v) is 30.0. The molecule has 1 unspecified atom stereocenters. The van der Waals surface area contributed by atoms with Crippen LogP contribution in [-0.2, 0) is 19.7 Å². The van der Waals surface area contributed by atoms with E-state index < -0.39 is 11.3 Å². The van der Waals surface area contributed by atoms with Crippen LogP contribution in [0.25, 0.3) is 0 Å². The molecule has 4 rings (SSSR count). The number of nitrogens with one attached hydrogen (secondary N) is 1. The van der Waals surface area contributed by atoms with Crippen molar-refractivity contribution < 1.29 is 14.3 Å². The highest BCUT2D eigenvalue weighted by Crippen LogP contribution is 2.57. The number of ether oxygens (including phenoxy) is 1. The summed E-state index contributed by atoms with van der Waals surface area (Å²) >= 11 is 7.04. The van der Waals surface area contributed by atoms with Gasteiger partial charge in [-0.15, -0.1) is 0 Å². The van der Waals surface area contributed by atoms with Crippen LogP contribution in [0.2, 0.25) is 0 Å². The second-order valence-corrected chi connectivity index (χ2v) is 14.9. The minimum Gasteiger partial charge on any atom is -0.444 e. The van der Waals surface area contributed by atoms with Gasteiger partial charge in [-0.2, -0.15) is 5.26 Å². The van der Waals surface area contributed by atoms with E-state index in [0.717, 1.165) is 49.2 Å². The summed E-state index contributed by atoms with van der Waals surface area (Å²) < 4.78 is 6.16. The molecule has 0 radical (unpaired) electrons. The number of allylic oxidation sites excluding steroid dienone is 1. The van der Waals surface area contributed by atoms with Crippen LogP contribution in [0.4, 0.5) is 5.69 Å². The number of ketones is 1. The number of benzene rings is 1. The summed E-state index contributed by atoms with van der Waals surface area (Å²) in [5.74, 6) is -0.0474. The second-order valence-electron chi connectivity index (χ2n) is 13.3. The summed E-state index contributed by atoms with van der Waals surface area (Å²) in [5, 5.41) is 15.3. The number of alkyl halides is 2. The van der Waals surface area contributed by atoms with E-state index in [0.29, 0.717) is 35.4 Å². The predicted octanol–water partition coefficient (Wildman–Crippen LogP) is 10.0. The molecule has 3 aliphatic rings. The smallest absolute Gasteiger partial charge is 0.245 e. The van der Waals surface area contributed by atoms with Gasteiger partial charge in [0.05, 0.1) is 5.57 Å². The van der Waals surface area contributed by atoms with Crippen molar-refractivity contribution in [1.29, 1.82) is 5.26 Å². The first kappa shape index (κ1) is 35.7. The van der Waals surface area contributed by atoms with Crippen molar-refractivity contribution >= 4 is 49.2 Å². The number of halogens is 2. The zero-order chi connectivity index (χ0) is 32.1. The molecule has 1 aromatic carbocycles. The highest BCUT2D eigenvalue weighted by molar-refractivity contribution is 9.09. The minimum absolute atomic E-state index is 0.0109. The van der Waals surface area contributed by atoms with Crippen LogP contribution in [0.3, 0.4) is 0 Å². The Kier molecular flexibility index (Phi) is 14.1. The fraction of sp³-hybridized carbons (Fsp3) is 0.649. The molecule has 2 heterocycles. The number of para-hydroxylation sites is 1. The molecular formula is C37H51Br2N3O3. The highest BCUT2D eigenvalue weighted by Gasteiger charge is 2.61. The molecule has 1 spiro atoms. The van der Waals surface area contributed by atoms with Crippen LogP contribution >= 0.6 is 31.9 Å². The van der Waals surface area contributed by atoms with Crippen LogP contribution in [0, 0.1) is 16.7 Å². The Labute approximate surface area is 287 Å². The zero-order valence-electron chi connectivity index (χ0n) is 26.9. The van der Waals surface area contributed by atoms with E-state index >= 15 is 0 Å². The van der Waals surface area contributed by atoms with Gasteiger partial charge in [0.2, 0.25) is 11.8 Å². The Morgan fingerprint density at radius 2 is 1.29 bits per heavy atom. The number of nitrogens with zero attached hydrogens (tertiary/aromatic N) is 1. The van der Waals surface area contributed by atoms with E-state index in [2.05, 4.69) is 43.2 Å². The van der Waals surface area contributed by atoms with Crippen LogP contribution in [-0.4, -0.2) is 22.4 Å². The average molecular weight is 746 g/mol. The maximum atomic E-state index is 14.4. The molecule has 246 valence electrons. The average Bonchev–Trinajstić information content (AvgIpc) is 3.30. The number of fused-ring (bicyclic) bond motifs is 3. The molecule has 0 fully saturated rings. The van der Waals surface area contributed by atoms with E-state index in [1.54, 1.807) is 0 Å². The van der Waals surface area contributed by atoms with E-state index in [1.807, 2.05) is 24.3 Å². The number of nitriles is 1. The molecule has 2 aliphatic heterocycles. The molecule has 0 saturated carbocycles. The molecule has 0 bridgehead atoms. The maximum absolute atomic E-state index is 14.4. The van der Waals surface area contributed by atoms with Crippen molar-refractivity contribution in [2.24, 2.45) is 11.1 Å². The predicted molar refractivity (Wildman–Crippen MR) is 189 cm³/mol. The van der Waals surface area contributed by atoms with Gasteiger partial charge in [-0.25, -0.2) is 0 Å². The monoisotopic (exact) mass is 743 g/mol. The van der Waals surface area contributed by atoms with Gasteiger partial charge in [-0.05, 0) is 37.2 Å². The lowest BCUT2D eigenvalue weighted by Gasteiger charge is -2.44. The topological polar surface area (TPSA) is 105 Å². The lowest BCUT2D eigenvalue weighted by molar-refractivity contribution is -0.125. The second kappa shape index (κ2) is 17.7. The first-order valence-electron chi connectivity index (χ1n) is 17.3. The molecule has 3 N–H and O–H groups in total. The van der Waals surface area contributed by atoms with E-state index in [1.165, 1.54) is 77.0 Å². The van der Waals surface area contributed by atoms with Crippen molar-refractivity contribution in [3.63, 3.8) is 0 Å². The molecule has 45 heavy (non-hydrogen) atoms. The van der Waals surface area contributed by atoms with Gasteiger partial charge in [0.25, 0.3) is 0 Å². The fourth-order valence-corrected chi connectivity index (χ4v) is 8.55. The Bertz CT molecular complexity index is 1260. The molecule has 0 aromatic heterocycles. The largest absolute Gasteiger partial charge is 0.444 e. The molecule has 1 atom stereocenters. The van der Waals surface area contributed by atoms with Gasteiger partial charge in [0.1, 0.15) is 22.8 Å². The van der Waals surface area contributed by atoms with Gasteiger partial charge < -0.3 is 15.8 Å². The summed E-state index contributed by atoms with van der Waals surface area (Å²) in [5.41, 5.74) is 6.19. The molecule has 1 aromatic rings. The van der Waals surface area contributed by atoms with Gasteiger partial charge in [0, 0.05) is 34.8 Å². The number of carbonyl (C=O) groups is 2. The lowest BCUT2D eigenvalue weighted by Crippen LogP contribution is -2.48. The van der Waals surface area contributed by atoms with Crippen LogP contribution < -0.4 is 11.1 Å². The number of hydrogen-bond acceptors (Lipinski definition) is 5. The van der Waals surface area contributed by atoms with Gasteiger partial charge in [-0.3, -0.25) is 9.59 Å². The van der Waals surface area contributed by atoms with Gasteiger partial charge >= 0.3 is 0 Å². The van der Waals surface area contributed by atoms with Crippen molar-refractivity contribution in [3.8, 4) is 6.07 Å². The number of nitrogens with two attached hydrogens (primary N) is 1. The highest BCUT2D eigenvalue weighted by atomic mass is 79.9. The van der Waals surface area contributed by atoms with Crippen LogP contribution in [0.1, 0.15) is 134 Å². The van der Waals surface area contributed by atoms with Gasteiger partial charge in [0.15, 0.2) is 5.78 Å². The Hall–Kier alpha value is -2.11. The number of carbonyl (C=O) groups excluding carboxylic acids is 2. The van der Waals surface area contributed by atoms with E-state index in [-0.39, 0.29) is 22.7 Å². The number of anilines is 1. The molecule has 1 aliphatic carbocycles. The third kappa shape index (κ3) is 8.44. The number of rotatable bonds is 20. The standard InChI is InChI=1S/C37H51Br2N3O3/c38-23-17-11-7-3-1-5-9-15-21-36(22-16-10-6-2-4-8-12-18-24-39)25-31(43)33-32(26-36)45-34(41)29(27-40)37(33)28-19-13-14-20-30(28)42-35(37)44/h13-14,19-20H,1-12,15-18,21-26,41H2,(H,42,44). The van der Waals surface area contributed by atoms with E-state index in [4.69, 9.17) is 10.5 Å². The summed E-state index contributed by atoms with van der Waals surface area (Å²) in [7, 11) is 0. The molecular weight excluding hydrogens is 694 g/mol. The number of amides is 1. The normalized spacial score (nSPS) is 20.2. The van der Waals surface area contributed by atoms with Crippen molar-refractivity contribution in [2.75, 3.05) is 16.0 Å². The van der Waals surface area contributed by atoms with Crippen molar-refractivity contribution in [1.82, 2.24) is 0 Å². The quantitative estimate of drug-likeness (QED) is 0.102. The number of unbranched alkanes of at least 4 members (excludes halogenated alkanes) is 14. The van der Waals surface area contributed by atoms with Crippen molar-refractivity contribution in [3.05, 3.63) is 52.6 Å². The molecule has 0 saturated heterocycles. The first-order valence-corrected chi connectivity index (χ1v) is 19.6. The maximum Gasteiger partial charge on any atom is 0.245 e. The molecule has 1 amide bonds. The third-order valence-electron chi connectivity index (χ3n) is 10.1. The fourth-order valence-electron chi connectivity index (χ4n) is 7.76.